The van der Waals surface area contributed by atoms with Crippen molar-refractivity contribution in [2.24, 2.45) is 0 Å². The van der Waals surface area contributed by atoms with E-state index in [0.29, 0.717) is 18.4 Å². The van der Waals surface area contributed by atoms with Crippen molar-refractivity contribution in [1.29, 1.82) is 0 Å². The average molecular weight is 393 g/mol. The van der Waals surface area contributed by atoms with Gasteiger partial charge >= 0.3 is 6.03 Å². The molecule has 0 bridgehead atoms. The molecule has 1 saturated heterocycles. The molecular formula is C22H27N5O2. The standard InChI is InChI=1S/C22H27N5O2/c1-3-27-11-5-7-17(27)14-23-22(28)24-21-19-10-9-16(13-20(19)25-26-21)15-6-4-8-18(12-15)29-2/h4,6,8-10,12-13,17H,3,5,7,11,14H2,1-2H3,(H3,23,24,25,26,28). The molecule has 1 aliphatic heterocycles. The van der Waals surface area contributed by atoms with Crippen LogP contribution < -0.4 is 15.4 Å². The molecule has 1 aromatic heterocycles. The minimum Gasteiger partial charge on any atom is -0.497 e. The minimum absolute atomic E-state index is 0.224. The second-order valence-corrected chi connectivity index (χ2v) is 7.32. The second-order valence-electron chi connectivity index (χ2n) is 7.32. The molecular weight excluding hydrogens is 366 g/mol. The quantitative estimate of drug-likeness (QED) is 0.594. The number of anilines is 1. The first-order valence-corrected chi connectivity index (χ1v) is 10.1. The van der Waals surface area contributed by atoms with Crippen molar-refractivity contribution in [3.8, 4) is 16.9 Å². The third-order valence-corrected chi connectivity index (χ3v) is 5.60. The van der Waals surface area contributed by atoms with Gasteiger partial charge in [-0.15, -0.1) is 0 Å². The largest absolute Gasteiger partial charge is 0.497 e. The van der Waals surface area contributed by atoms with Gasteiger partial charge in [-0.3, -0.25) is 15.3 Å². The number of rotatable bonds is 6. The number of aromatic amines is 1. The Bertz CT molecular complexity index is 1000. The van der Waals surface area contributed by atoms with E-state index in [2.05, 4.69) is 32.7 Å². The van der Waals surface area contributed by atoms with Crippen LogP contribution in [0.25, 0.3) is 22.0 Å². The lowest BCUT2D eigenvalue weighted by atomic mass is 10.0. The summed E-state index contributed by atoms with van der Waals surface area (Å²) in [4.78, 5) is 14.8. The van der Waals surface area contributed by atoms with Crippen LogP contribution in [-0.2, 0) is 0 Å². The molecule has 0 aliphatic carbocycles. The van der Waals surface area contributed by atoms with E-state index in [0.717, 1.165) is 47.3 Å². The predicted octanol–water partition coefficient (Wildman–Crippen LogP) is 3.84. The molecule has 0 spiro atoms. The molecule has 1 fully saturated rings. The maximum atomic E-state index is 12.4. The molecule has 2 amide bonds. The molecule has 7 heteroatoms. The first kappa shape index (κ1) is 19.3. The zero-order valence-corrected chi connectivity index (χ0v) is 16.9. The average Bonchev–Trinajstić information content (AvgIpc) is 3.38. The fourth-order valence-electron chi connectivity index (χ4n) is 4.00. The van der Waals surface area contributed by atoms with Gasteiger partial charge < -0.3 is 10.1 Å². The van der Waals surface area contributed by atoms with Crippen LogP contribution >= 0.6 is 0 Å². The number of hydrogen-bond donors (Lipinski definition) is 3. The normalized spacial score (nSPS) is 16.8. The Morgan fingerprint density at radius 3 is 2.97 bits per heavy atom. The summed E-state index contributed by atoms with van der Waals surface area (Å²) in [6.07, 6.45) is 2.33. The Labute approximate surface area is 170 Å². The van der Waals surface area contributed by atoms with Crippen LogP contribution in [0.4, 0.5) is 10.6 Å². The number of methoxy groups -OCH3 is 1. The monoisotopic (exact) mass is 393 g/mol. The number of benzene rings is 2. The highest BCUT2D eigenvalue weighted by Gasteiger charge is 2.23. The molecule has 3 aromatic rings. The van der Waals surface area contributed by atoms with Gasteiger partial charge in [0.05, 0.1) is 12.6 Å². The van der Waals surface area contributed by atoms with Gasteiger partial charge in [0, 0.05) is 18.0 Å². The molecule has 0 saturated carbocycles. The summed E-state index contributed by atoms with van der Waals surface area (Å²) >= 11 is 0. The number of urea groups is 1. The third-order valence-electron chi connectivity index (χ3n) is 5.60. The summed E-state index contributed by atoms with van der Waals surface area (Å²) in [5.41, 5.74) is 2.98. The fraction of sp³-hybridized carbons (Fsp3) is 0.364. The number of carbonyl (C=O) groups is 1. The molecule has 1 atom stereocenters. The molecule has 3 N–H and O–H groups in total. The Morgan fingerprint density at radius 2 is 2.14 bits per heavy atom. The van der Waals surface area contributed by atoms with Crippen LogP contribution in [0.5, 0.6) is 5.75 Å². The molecule has 1 aliphatic rings. The van der Waals surface area contributed by atoms with Crippen LogP contribution in [-0.4, -0.2) is 53.9 Å². The maximum absolute atomic E-state index is 12.4. The van der Waals surface area contributed by atoms with Gasteiger partial charge in [0.2, 0.25) is 0 Å². The number of aromatic nitrogens is 2. The number of hydrogen-bond acceptors (Lipinski definition) is 4. The molecule has 7 nitrogen and oxygen atoms in total. The van der Waals surface area contributed by atoms with Gasteiger partial charge in [-0.1, -0.05) is 25.1 Å². The smallest absolute Gasteiger partial charge is 0.320 e. The number of nitrogens with zero attached hydrogens (tertiary/aromatic N) is 2. The van der Waals surface area contributed by atoms with Crippen molar-refractivity contribution in [2.45, 2.75) is 25.8 Å². The van der Waals surface area contributed by atoms with Gasteiger partial charge in [0.25, 0.3) is 0 Å². The lowest BCUT2D eigenvalue weighted by Gasteiger charge is -2.22. The number of likely N-dealkylation sites (tertiary alicyclic amines) is 1. The first-order valence-electron chi connectivity index (χ1n) is 10.1. The van der Waals surface area contributed by atoms with E-state index in [9.17, 15) is 4.79 Å². The van der Waals surface area contributed by atoms with Crippen molar-refractivity contribution in [1.82, 2.24) is 20.4 Å². The molecule has 1 unspecified atom stereocenters. The topological polar surface area (TPSA) is 82.3 Å². The highest BCUT2D eigenvalue weighted by Crippen LogP contribution is 2.29. The van der Waals surface area contributed by atoms with Crippen LogP contribution in [0.15, 0.2) is 42.5 Å². The van der Waals surface area contributed by atoms with Crippen molar-refractivity contribution < 1.29 is 9.53 Å². The molecule has 2 heterocycles. The van der Waals surface area contributed by atoms with E-state index in [1.807, 2.05) is 42.5 Å². The molecule has 152 valence electrons. The van der Waals surface area contributed by atoms with Crippen LogP contribution in [0.3, 0.4) is 0 Å². The van der Waals surface area contributed by atoms with E-state index < -0.39 is 0 Å². The summed E-state index contributed by atoms with van der Waals surface area (Å²) < 4.78 is 5.31. The molecule has 29 heavy (non-hydrogen) atoms. The summed E-state index contributed by atoms with van der Waals surface area (Å²) in [6.45, 7) is 4.95. The molecule has 2 aromatic carbocycles. The van der Waals surface area contributed by atoms with E-state index in [4.69, 9.17) is 4.74 Å². The molecule has 0 radical (unpaired) electrons. The van der Waals surface area contributed by atoms with Crippen molar-refractivity contribution in [2.75, 3.05) is 32.1 Å². The number of nitrogens with one attached hydrogen (secondary N) is 3. The number of H-pyrrole nitrogens is 1. The predicted molar refractivity (Wildman–Crippen MR) is 115 cm³/mol. The number of fused-ring (bicyclic) bond motifs is 1. The fourth-order valence-corrected chi connectivity index (χ4v) is 4.00. The highest BCUT2D eigenvalue weighted by atomic mass is 16.5. The Hall–Kier alpha value is -3.06. The van der Waals surface area contributed by atoms with Crippen molar-refractivity contribution >= 4 is 22.8 Å². The zero-order valence-electron chi connectivity index (χ0n) is 16.9. The third kappa shape index (κ3) is 4.19. The van der Waals surface area contributed by atoms with Gasteiger partial charge in [-0.25, -0.2) is 4.79 Å². The first-order chi connectivity index (χ1) is 14.2. The lowest BCUT2D eigenvalue weighted by molar-refractivity contribution is 0.238. The van der Waals surface area contributed by atoms with Gasteiger partial charge in [-0.05, 0) is 61.3 Å². The van der Waals surface area contributed by atoms with Gasteiger partial charge in [-0.2, -0.15) is 5.10 Å². The van der Waals surface area contributed by atoms with Crippen LogP contribution in [0, 0.1) is 0 Å². The SMILES string of the molecule is CCN1CCCC1CNC(=O)Nc1n[nH]c2cc(-c3cccc(OC)c3)ccc12. The number of amides is 2. The van der Waals surface area contributed by atoms with Crippen molar-refractivity contribution in [3.63, 3.8) is 0 Å². The van der Waals surface area contributed by atoms with Crippen LogP contribution in [0.1, 0.15) is 19.8 Å². The van der Waals surface area contributed by atoms with Gasteiger partial charge in [0.1, 0.15) is 5.75 Å². The summed E-state index contributed by atoms with van der Waals surface area (Å²) in [6, 6.07) is 14.1. The Balaban J connectivity index is 1.44. The highest BCUT2D eigenvalue weighted by molar-refractivity contribution is 6.00. The summed E-state index contributed by atoms with van der Waals surface area (Å²) in [7, 11) is 1.66. The van der Waals surface area contributed by atoms with E-state index in [1.54, 1.807) is 7.11 Å². The minimum atomic E-state index is -0.224. The van der Waals surface area contributed by atoms with E-state index >= 15 is 0 Å². The van der Waals surface area contributed by atoms with E-state index in [1.165, 1.54) is 6.42 Å². The van der Waals surface area contributed by atoms with Gasteiger partial charge in [0.15, 0.2) is 5.82 Å². The lowest BCUT2D eigenvalue weighted by Crippen LogP contribution is -2.41. The Kier molecular flexibility index (Phi) is 5.67. The van der Waals surface area contributed by atoms with Crippen LogP contribution in [0.2, 0.25) is 0 Å². The number of likely N-dealkylation sites (N-methyl/N-ethyl adjacent to an activating group) is 1. The zero-order chi connectivity index (χ0) is 20.2. The molecule has 4 rings (SSSR count). The summed E-state index contributed by atoms with van der Waals surface area (Å²) in [5.74, 6) is 1.35. The summed E-state index contributed by atoms with van der Waals surface area (Å²) in [5, 5.41) is 14.0. The number of carbonyl (C=O) groups excluding carboxylic acids is 1. The number of ether oxygens (including phenoxy) is 1. The maximum Gasteiger partial charge on any atom is 0.320 e. The van der Waals surface area contributed by atoms with Crippen molar-refractivity contribution in [3.05, 3.63) is 42.5 Å². The van der Waals surface area contributed by atoms with E-state index in [-0.39, 0.29) is 6.03 Å². The Morgan fingerprint density at radius 1 is 1.28 bits per heavy atom. The second kappa shape index (κ2) is 8.53.